The number of hydrogen-bond donors (Lipinski definition) is 0. The van der Waals surface area contributed by atoms with E-state index in [4.69, 9.17) is 4.74 Å². The maximum atomic E-state index is 6.01. The summed E-state index contributed by atoms with van der Waals surface area (Å²) in [5, 5.41) is 0.879. The first-order valence-electron chi connectivity index (χ1n) is 6.12. The van der Waals surface area contributed by atoms with E-state index in [9.17, 15) is 0 Å². The molecule has 2 heteroatoms. The summed E-state index contributed by atoms with van der Waals surface area (Å²) in [5.74, 6) is 0.797. The van der Waals surface area contributed by atoms with E-state index >= 15 is 0 Å². The molecule has 1 aliphatic carbocycles. The summed E-state index contributed by atoms with van der Waals surface area (Å²) >= 11 is 3.54. The van der Waals surface area contributed by atoms with E-state index in [1.807, 2.05) is 6.07 Å². The van der Waals surface area contributed by atoms with E-state index in [-0.39, 0.29) is 6.10 Å². The highest BCUT2D eigenvalue weighted by Gasteiger charge is 2.18. The number of ether oxygens (including phenoxy) is 1. The first-order valence-corrected chi connectivity index (χ1v) is 7.25. The molecule has 1 atom stereocenters. The highest BCUT2D eigenvalue weighted by molar-refractivity contribution is 9.09. The summed E-state index contributed by atoms with van der Waals surface area (Å²) in [6.07, 6.45) is 5.69. The average Bonchev–Trinajstić information content (AvgIpc) is 2.84. The predicted octanol–water partition coefficient (Wildman–Crippen LogP) is 4.33. The maximum absolute atomic E-state index is 6.01. The van der Waals surface area contributed by atoms with Crippen LogP contribution < -0.4 is 0 Å². The van der Waals surface area contributed by atoms with Gasteiger partial charge in [0.05, 0.1) is 12.7 Å². The van der Waals surface area contributed by atoms with Gasteiger partial charge >= 0.3 is 0 Å². The van der Waals surface area contributed by atoms with Crippen LogP contribution in [-0.2, 0) is 4.74 Å². The molecular formula is C14H19BrO. The second kappa shape index (κ2) is 6.41. The summed E-state index contributed by atoms with van der Waals surface area (Å²) in [6.45, 7) is 0.922. The van der Waals surface area contributed by atoms with Crippen LogP contribution in [0.1, 0.15) is 37.4 Å². The lowest BCUT2D eigenvalue weighted by Crippen LogP contribution is -2.12. The minimum absolute atomic E-state index is 0.210. The van der Waals surface area contributed by atoms with E-state index in [1.165, 1.54) is 31.2 Å². The zero-order chi connectivity index (χ0) is 11.2. The molecule has 88 valence electrons. The van der Waals surface area contributed by atoms with Crippen LogP contribution in [0.5, 0.6) is 0 Å². The number of benzene rings is 1. The van der Waals surface area contributed by atoms with E-state index in [1.54, 1.807) is 0 Å². The molecule has 1 aromatic rings. The molecule has 1 nitrogen and oxygen atoms in total. The molecule has 1 unspecified atom stereocenters. The Morgan fingerprint density at radius 3 is 2.50 bits per heavy atom. The van der Waals surface area contributed by atoms with Crippen molar-refractivity contribution in [1.29, 1.82) is 0 Å². The van der Waals surface area contributed by atoms with Gasteiger partial charge < -0.3 is 4.74 Å². The summed E-state index contributed by atoms with van der Waals surface area (Å²) in [4.78, 5) is 0. The Hall–Kier alpha value is -0.340. The van der Waals surface area contributed by atoms with E-state index in [0.717, 1.165) is 17.9 Å². The van der Waals surface area contributed by atoms with Crippen LogP contribution in [0.3, 0.4) is 0 Å². The molecule has 0 bridgehead atoms. The smallest absolute Gasteiger partial charge is 0.0921 e. The SMILES string of the molecule is BrCC(OCC1CCCC1)c1ccccc1. The lowest BCUT2D eigenvalue weighted by molar-refractivity contribution is 0.0444. The molecule has 1 aromatic carbocycles. The number of halogens is 1. The molecule has 0 saturated heterocycles. The van der Waals surface area contributed by atoms with Gasteiger partial charge in [0.15, 0.2) is 0 Å². The topological polar surface area (TPSA) is 9.23 Å². The van der Waals surface area contributed by atoms with E-state index < -0.39 is 0 Å². The van der Waals surface area contributed by atoms with Crippen LogP contribution in [-0.4, -0.2) is 11.9 Å². The first-order chi connectivity index (χ1) is 7.90. The summed E-state index contributed by atoms with van der Waals surface area (Å²) in [7, 11) is 0. The van der Waals surface area contributed by atoms with Crippen molar-refractivity contribution in [3.8, 4) is 0 Å². The average molecular weight is 283 g/mol. The minimum Gasteiger partial charge on any atom is -0.372 e. The molecule has 1 saturated carbocycles. The van der Waals surface area contributed by atoms with Crippen molar-refractivity contribution in [2.75, 3.05) is 11.9 Å². The second-order valence-corrected chi connectivity index (χ2v) is 5.18. The highest BCUT2D eigenvalue weighted by atomic mass is 79.9. The summed E-state index contributed by atoms with van der Waals surface area (Å²) in [6, 6.07) is 10.5. The maximum Gasteiger partial charge on any atom is 0.0921 e. The molecule has 0 spiro atoms. The molecule has 0 heterocycles. The summed E-state index contributed by atoms with van der Waals surface area (Å²) in [5.41, 5.74) is 1.28. The van der Waals surface area contributed by atoms with Gasteiger partial charge in [-0.05, 0) is 24.3 Å². The van der Waals surface area contributed by atoms with Crippen molar-refractivity contribution in [2.24, 2.45) is 5.92 Å². The van der Waals surface area contributed by atoms with Gasteiger partial charge in [0.25, 0.3) is 0 Å². The fraction of sp³-hybridized carbons (Fsp3) is 0.571. The predicted molar refractivity (Wildman–Crippen MR) is 70.9 cm³/mol. The third-order valence-electron chi connectivity index (χ3n) is 3.32. The van der Waals surface area contributed by atoms with Crippen molar-refractivity contribution in [2.45, 2.75) is 31.8 Å². The van der Waals surface area contributed by atoms with Gasteiger partial charge in [-0.25, -0.2) is 0 Å². The molecule has 0 aromatic heterocycles. The number of rotatable bonds is 5. The standard InChI is InChI=1S/C14H19BrO/c15-10-14(13-8-2-1-3-9-13)16-11-12-6-4-5-7-12/h1-3,8-9,12,14H,4-7,10-11H2. The molecule has 1 fully saturated rings. The lowest BCUT2D eigenvalue weighted by atomic mass is 10.1. The van der Waals surface area contributed by atoms with Crippen molar-refractivity contribution in [3.05, 3.63) is 35.9 Å². The van der Waals surface area contributed by atoms with Gasteiger partial charge in [-0.1, -0.05) is 59.1 Å². The lowest BCUT2D eigenvalue weighted by Gasteiger charge is -2.18. The molecule has 16 heavy (non-hydrogen) atoms. The van der Waals surface area contributed by atoms with E-state index in [0.29, 0.717) is 0 Å². The molecule has 0 radical (unpaired) electrons. The third kappa shape index (κ3) is 3.33. The first kappa shape index (κ1) is 12.1. The molecule has 1 aliphatic rings. The zero-order valence-electron chi connectivity index (χ0n) is 9.57. The monoisotopic (exact) mass is 282 g/mol. The van der Waals surface area contributed by atoms with Crippen LogP contribution in [0.2, 0.25) is 0 Å². The molecule has 2 rings (SSSR count). The highest BCUT2D eigenvalue weighted by Crippen LogP contribution is 2.27. The Balaban J connectivity index is 1.85. The molecule has 0 N–H and O–H groups in total. The Morgan fingerprint density at radius 1 is 1.19 bits per heavy atom. The van der Waals surface area contributed by atoms with Gasteiger partial charge in [-0.2, -0.15) is 0 Å². The Morgan fingerprint density at radius 2 is 1.88 bits per heavy atom. The third-order valence-corrected chi connectivity index (χ3v) is 3.91. The van der Waals surface area contributed by atoms with Crippen LogP contribution in [0.4, 0.5) is 0 Å². The minimum atomic E-state index is 0.210. The second-order valence-electron chi connectivity index (χ2n) is 4.54. The number of alkyl halides is 1. The van der Waals surface area contributed by atoms with Gasteiger partial charge in [0.2, 0.25) is 0 Å². The van der Waals surface area contributed by atoms with Gasteiger partial charge in [-0.3, -0.25) is 0 Å². The van der Waals surface area contributed by atoms with Crippen molar-refractivity contribution >= 4 is 15.9 Å². The van der Waals surface area contributed by atoms with Gasteiger partial charge in [0.1, 0.15) is 0 Å². The van der Waals surface area contributed by atoms with Crippen molar-refractivity contribution in [1.82, 2.24) is 0 Å². The largest absolute Gasteiger partial charge is 0.372 e. The Labute approximate surface area is 106 Å². The molecule has 0 aliphatic heterocycles. The van der Waals surface area contributed by atoms with Crippen LogP contribution in [0.25, 0.3) is 0 Å². The number of hydrogen-bond acceptors (Lipinski definition) is 1. The van der Waals surface area contributed by atoms with E-state index in [2.05, 4.69) is 40.2 Å². The zero-order valence-corrected chi connectivity index (χ0v) is 11.2. The summed E-state index contributed by atoms with van der Waals surface area (Å²) < 4.78 is 6.01. The Kier molecular flexibility index (Phi) is 4.86. The fourth-order valence-corrected chi connectivity index (χ4v) is 2.89. The van der Waals surface area contributed by atoms with Gasteiger partial charge in [0, 0.05) is 5.33 Å². The van der Waals surface area contributed by atoms with Crippen molar-refractivity contribution < 1.29 is 4.74 Å². The van der Waals surface area contributed by atoms with Crippen LogP contribution >= 0.6 is 15.9 Å². The quantitative estimate of drug-likeness (QED) is 0.731. The van der Waals surface area contributed by atoms with Gasteiger partial charge in [-0.15, -0.1) is 0 Å². The molecular weight excluding hydrogens is 264 g/mol. The normalized spacial score (nSPS) is 18.8. The molecule has 0 amide bonds. The van der Waals surface area contributed by atoms with Crippen molar-refractivity contribution in [3.63, 3.8) is 0 Å². The Bertz CT molecular complexity index is 293. The van der Waals surface area contributed by atoms with Crippen LogP contribution in [0.15, 0.2) is 30.3 Å². The fourth-order valence-electron chi connectivity index (χ4n) is 2.33. The van der Waals surface area contributed by atoms with Crippen LogP contribution in [0, 0.1) is 5.92 Å².